The van der Waals surface area contributed by atoms with E-state index in [1.54, 1.807) is 0 Å². The second-order valence-corrected chi connectivity index (χ2v) is 2.72. The molecular weight excluding hydrogens is 102 g/mol. The van der Waals surface area contributed by atoms with Crippen molar-refractivity contribution in [3.8, 4) is 0 Å². The zero-order valence-corrected chi connectivity index (χ0v) is 4.76. The van der Waals surface area contributed by atoms with Crippen LogP contribution in [-0.4, -0.2) is 18.2 Å². The van der Waals surface area contributed by atoms with Gasteiger partial charge in [0.05, 0.1) is 12.2 Å². The van der Waals surface area contributed by atoms with Crippen molar-refractivity contribution in [1.82, 2.24) is 5.73 Å². The Labute approximate surface area is 49.0 Å². The molecule has 2 heterocycles. The number of rotatable bonds is 0. The SMILES string of the molecule is [NH]C1CC2CCC1O2. The van der Waals surface area contributed by atoms with Gasteiger partial charge in [0.2, 0.25) is 0 Å². The Balaban J connectivity index is 2.11. The summed E-state index contributed by atoms with van der Waals surface area (Å²) in [5.41, 5.74) is 7.39. The fraction of sp³-hybridized carbons (Fsp3) is 1.00. The third kappa shape index (κ3) is 0.501. The first-order chi connectivity index (χ1) is 3.86. The molecule has 8 heavy (non-hydrogen) atoms. The summed E-state index contributed by atoms with van der Waals surface area (Å²) in [7, 11) is 0. The maximum atomic E-state index is 7.39. The average Bonchev–Trinajstić information content (AvgIpc) is 2.23. The van der Waals surface area contributed by atoms with E-state index in [0.29, 0.717) is 12.2 Å². The van der Waals surface area contributed by atoms with Crippen molar-refractivity contribution in [1.29, 1.82) is 0 Å². The number of nitrogens with one attached hydrogen (secondary N) is 1. The highest BCUT2D eigenvalue weighted by atomic mass is 16.5. The Hall–Kier alpha value is -0.0800. The summed E-state index contributed by atoms with van der Waals surface area (Å²) in [6.45, 7) is 0. The molecule has 1 N–H and O–H groups in total. The molecule has 2 saturated heterocycles. The topological polar surface area (TPSA) is 33.0 Å². The Morgan fingerprint density at radius 1 is 1.38 bits per heavy atom. The molecule has 2 rings (SSSR count). The number of hydrogen-bond acceptors (Lipinski definition) is 1. The van der Waals surface area contributed by atoms with Crippen molar-refractivity contribution in [2.24, 2.45) is 0 Å². The van der Waals surface area contributed by atoms with Gasteiger partial charge in [-0.15, -0.1) is 0 Å². The van der Waals surface area contributed by atoms with Crippen molar-refractivity contribution < 1.29 is 4.74 Å². The number of ether oxygens (including phenoxy) is 1. The van der Waals surface area contributed by atoms with Gasteiger partial charge in [-0.25, -0.2) is 0 Å². The lowest BCUT2D eigenvalue weighted by Crippen LogP contribution is -2.22. The monoisotopic (exact) mass is 112 g/mol. The second-order valence-electron chi connectivity index (χ2n) is 2.72. The number of fused-ring (bicyclic) bond motifs is 2. The van der Waals surface area contributed by atoms with E-state index in [1.165, 1.54) is 6.42 Å². The minimum Gasteiger partial charge on any atom is -0.373 e. The summed E-state index contributed by atoms with van der Waals surface area (Å²) in [5, 5.41) is 0. The molecular formula is C6H10NO. The summed E-state index contributed by atoms with van der Waals surface area (Å²) in [5.74, 6) is 0. The Morgan fingerprint density at radius 2 is 2.25 bits per heavy atom. The van der Waals surface area contributed by atoms with Gasteiger partial charge in [0.25, 0.3) is 0 Å². The zero-order chi connectivity index (χ0) is 5.56. The quantitative estimate of drug-likeness (QED) is 0.451. The normalized spacial score (nSPS) is 52.9. The van der Waals surface area contributed by atoms with E-state index in [9.17, 15) is 0 Å². The van der Waals surface area contributed by atoms with Crippen LogP contribution in [0.2, 0.25) is 0 Å². The largest absolute Gasteiger partial charge is 0.373 e. The first-order valence-corrected chi connectivity index (χ1v) is 3.23. The number of hydrogen-bond donors (Lipinski definition) is 0. The fourth-order valence-electron chi connectivity index (χ4n) is 1.64. The molecule has 45 valence electrons. The van der Waals surface area contributed by atoms with E-state index in [1.807, 2.05) is 0 Å². The van der Waals surface area contributed by atoms with Crippen molar-refractivity contribution >= 4 is 0 Å². The molecule has 2 fully saturated rings. The first-order valence-electron chi connectivity index (χ1n) is 3.23. The molecule has 0 aromatic heterocycles. The Kier molecular flexibility index (Phi) is 0.866. The Morgan fingerprint density at radius 3 is 2.50 bits per heavy atom. The average molecular weight is 112 g/mol. The Bertz CT molecular complexity index is 103. The van der Waals surface area contributed by atoms with E-state index in [2.05, 4.69) is 0 Å². The summed E-state index contributed by atoms with van der Waals surface area (Å²) in [6, 6.07) is 0.105. The lowest BCUT2D eigenvalue weighted by molar-refractivity contribution is 0.100. The predicted molar refractivity (Wildman–Crippen MR) is 29.4 cm³/mol. The molecule has 0 amide bonds. The summed E-state index contributed by atoms with van der Waals surface area (Å²) < 4.78 is 5.40. The molecule has 0 spiro atoms. The minimum absolute atomic E-state index is 0.105. The standard InChI is InChI=1S/C6H10NO/c7-5-3-4-1-2-6(5)8-4/h4-7H,1-3H2. The first kappa shape index (κ1) is 4.77. The maximum absolute atomic E-state index is 7.39. The molecule has 2 nitrogen and oxygen atoms in total. The zero-order valence-electron chi connectivity index (χ0n) is 4.76. The smallest absolute Gasteiger partial charge is 0.0747 e. The van der Waals surface area contributed by atoms with Crippen molar-refractivity contribution in [2.45, 2.75) is 37.5 Å². The molecule has 3 unspecified atom stereocenters. The molecule has 1 radical (unpaired) electrons. The summed E-state index contributed by atoms with van der Waals surface area (Å²) in [6.07, 6.45) is 4.10. The van der Waals surface area contributed by atoms with Gasteiger partial charge in [-0.3, -0.25) is 5.73 Å². The highest BCUT2D eigenvalue weighted by Crippen LogP contribution is 2.33. The van der Waals surface area contributed by atoms with Gasteiger partial charge in [0.1, 0.15) is 0 Å². The third-order valence-electron chi connectivity index (χ3n) is 2.11. The van der Waals surface area contributed by atoms with Crippen LogP contribution in [0.4, 0.5) is 0 Å². The van der Waals surface area contributed by atoms with Gasteiger partial charge in [0, 0.05) is 6.04 Å². The van der Waals surface area contributed by atoms with Gasteiger partial charge in [-0.2, -0.15) is 0 Å². The van der Waals surface area contributed by atoms with E-state index in [4.69, 9.17) is 10.5 Å². The van der Waals surface area contributed by atoms with Crippen LogP contribution in [0, 0.1) is 0 Å². The van der Waals surface area contributed by atoms with Crippen molar-refractivity contribution in [2.75, 3.05) is 0 Å². The van der Waals surface area contributed by atoms with Crippen LogP contribution in [0.25, 0.3) is 0 Å². The second kappa shape index (κ2) is 1.45. The molecule has 2 aliphatic heterocycles. The van der Waals surface area contributed by atoms with Gasteiger partial charge < -0.3 is 4.74 Å². The van der Waals surface area contributed by atoms with E-state index in [0.717, 1.165) is 12.8 Å². The molecule has 0 aromatic rings. The molecule has 2 bridgehead atoms. The lowest BCUT2D eigenvalue weighted by Gasteiger charge is -2.10. The van der Waals surface area contributed by atoms with Crippen LogP contribution in [0.3, 0.4) is 0 Å². The van der Waals surface area contributed by atoms with Crippen LogP contribution in [0.1, 0.15) is 19.3 Å². The predicted octanol–water partition coefficient (Wildman–Crippen LogP) is 0.589. The van der Waals surface area contributed by atoms with Crippen LogP contribution in [0.5, 0.6) is 0 Å². The molecule has 2 aliphatic rings. The maximum Gasteiger partial charge on any atom is 0.0747 e. The van der Waals surface area contributed by atoms with E-state index < -0.39 is 0 Å². The molecule has 0 saturated carbocycles. The lowest BCUT2D eigenvalue weighted by atomic mass is 9.97. The fourth-order valence-corrected chi connectivity index (χ4v) is 1.64. The van der Waals surface area contributed by atoms with Crippen molar-refractivity contribution in [3.63, 3.8) is 0 Å². The highest BCUT2D eigenvalue weighted by Gasteiger charge is 2.38. The van der Waals surface area contributed by atoms with Crippen LogP contribution >= 0.6 is 0 Å². The summed E-state index contributed by atoms with van der Waals surface area (Å²) >= 11 is 0. The summed E-state index contributed by atoms with van der Waals surface area (Å²) in [4.78, 5) is 0. The van der Waals surface area contributed by atoms with E-state index in [-0.39, 0.29) is 6.04 Å². The van der Waals surface area contributed by atoms with Gasteiger partial charge in [-0.1, -0.05) is 0 Å². The van der Waals surface area contributed by atoms with E-state index >= 15 is 0 Å². The molecule has 0 aliphatic carbocycles. The molecule has 3 atom stereocenters. The van der Waals surface area contributed by atoms with Gasteiger partial charge >= 0.3 is 0 Å². The third-order valence-corrected chi connectivity index (χ3v) is 2.11. The van der Waals surface area contributed by atoms with Crippen molar-refractivity contribution in [3.05, 3.63) is 0 Å². The minimum atomic E-state index is 0.105. The van der Waals surface area contributed by atoms with Crippen LogP contribution in [0.15, 0.2) is 0 Å². The van der Waals surface area contributed by atoms with Gasteiger partial charge in [0.15, 0.2) is 0 Å². The molecule has 0 aromatic carbocycles. The highest BCUT2D eigenvalue weighted by molar-refractivity contribution is 4.91. The molecule has 2 heteroatoms. The van der Waals surface area contributed by atoms with Gasteiger partial charge in [-0.05, 0) is 19.3 Å². The van der Waals surface area contributed by atoms with Crippen LogP contribution in [-0.2, 0) is 4.74 Å². The van der Waals surface area contributed by atoms with Crippen LogP contribution < -0.4 is 5.73 Å².